The average Bonchev–Trinajstić information content (AvgIpc) is 3.01. The minimum absolute atomic E-state index is 0.266. The normalized spacial score (nSPS) is 16.2. The number of nitrogens with one attached hydrogen (secondary N) is 1. The van der Waals surface area contributed by atoms with Crippen molar-refractivity contribution in [3.05, 3.63) is 83.9 Å². The molecule has 4 rings (SSSR count). The number of hydrogen-bond acceptors (Lipinski definition) is 5. The second-order valence-electron chi connectivity index (χ2n) is 8.51. The van der Waals surface area contributed by atoms with Crippen molar-refractivity contribution in [1.29, 1.82) is 0 Å². The lowest BCUT2D eigenvalue weighted by atomic mass is 9.91. The molecule has 0 fully saturated rings. The van der Waals surface area contributed by atoms with Crippen molar-refractivity contribution in [2.24, 2.45) is 5.92 Å². The third-order valence-corrected chi connectivity index (χ3v) is 5.92. The first-order valence-corrected chi connectivity index (χ1v) is 11.4. The van der Waals surface area contributed by atoms with Gasteiger partial charge in [0.15, 0.2) is 0 Å². The van der Waals surface area contributed by atoms with Gasteiger partial charge < -0.3 is 20.3 Å². The van der Waals surface area contributed by atoms with E-state index in [1.54, 1.807) is 18.2 Å². The van der Waals surface area contributed by atoms with Gasteiger partial charge >= 0.3 is 6.09 Å². The molecule has 0 radical (unpaired) electrons. The number of nitrogens with two attached hydrogens (primary N) is 1. The van der Waals surface area contributed by atoms with Crippen LogP contribution in [0, 0.1) is 5.92 Å². The zero-order valence-corrected chi connectivity index (χ0v) is 18.6. The molecule has 4 N–H and O–H groups in total. The van der Waals surface area contributed by atoms with E-state index < -0.39 is 12.2 Å². The number of carbonyl (C=O) groups is 1. The number of amides is 1. The van der Waals surface area contributed by atoms with Crippen LogP contribution in [0.4, 0.5) is 16.2 Å². The predicted molar refractivity (Wildman–Crippen MR) is 130 cm³/mol. The third kappa shape index (κ3) is 6.49. The van der Waals surface area contributed by atoms with Gasteiger partial charge in [-0.1, -0.05) is 36.4 Å². The van der Waals surface area contributed by atoms with Crippen molar-refractivity contribution in [3.63, 3.8) is 0 Å². The summed E-state index contributed by atoms with van der Waals surface area (Å²) in [5.74, 6) is 1.55. The summed E-state index contributed by atoms with van der Waals surface area (Å²) in [6.07, 6.45) is 3.26. The SMILES string of the molecule is Nc1cc(NC(=O)Oc2ccccc2)cc2c1CCCC(C[C@H](O)COc1ccccc1)C2. The molecule has 1 amide bonds. The average molecular weight is 447 g/mol. The molecule has 0 saturated carbocycles. The number of nitrogen functional groups attached to an aromatic ring is 1. The Morgan fingerprint density at radius 2 is 1.76 bits per heavy atom. The molecule has 2 atom stereocenters. The number of hydrogen-bond donors (Lipinski definition) is 3. The smallest absolute Gasteiger partial charge is 0.417 e. The van der Waals surface area contributed by atoms with Gasteiger partial charge in [-0.3, -0.25) is 5.32 Å². The van der Waals surface area contributed by atoms with Crippen LogP contribution in [0.3, 0.4) is 0 Å². The summed E-state index contributed by atoms with van der Waals surface area (Å²) in [7, 11) is 0. The van der Waals surface area contributed by atoms with Gasteiger partial charge in [0.1, 0.15) is 18.1 Å². The van der Waals surface area contributed by atoms with Crippen LogP contribution in [0.15, 0.2) is 72.8 Å². The lowest BCUT2D eigenvalue weighted by molar-refractivity contribution is 0.0833. The summed E-state index contributed by atoms with van der Waals surface area (Å²) in [6.45, 7) is 0.266. The van der Waals surface area contributed by atoms with Crippen molar-refractivity contribution in [2.75, 3.05) is 17.7 Å². The molecule has 3 aromatic carbocycles. The van der Waals surface area contributed by atoms with Gasteiger partial charge in [0.25, 0.3) is 0 Å². The van der Waals surface area contributed by atoms with Crippen LogP contribution in [0.25, 0.3) is 0 Å². The van der Waals surface area contributed by atoms with Crippen molar-refractivity contribution in [1.82, 2.24) is 0 Å². The van der Waals surface area contributed by atoms with E-state index >= 15 is 0 Å². The van der Waals surface area contributed by atoms with E-state index in [0.717, 1.165) is 42.6 Å². The Morgan fingerprint density at radius 1 is 1.06 bits per heavy atom. The molecule has 172 valence electrons. The van der Waals surface area contributed by atoms with Crippen molar-refractivity contribution in [2.45, 2.75) is 38.2 Å². The van der Waals surface area contributed by atoms with E-state index in [1.807, 2.05) is 54.6 Å². The van der Waals surface area contributed by atoms with Crippen molar-refractivity contribution < 1.29 is 19.4 Å². The quantitative estimate of drug-likeness (QED) is 0.342. The number of benzene rings is 3. The number of anilines is 2. The van der Waals surface area contributed by atoms with E-state index in [2.05, 4.69) is 5.32 Å². The van der Waals surface area contributed by atoms with E-state index in [4.69, 9.17) is 15.2 Å². The van der Waals surface area contributed by atoms with E-state index in [0.29, 0.717) is 29.5 Å². The largest absolute Gasteiger partial charge is 0.491 e. The molecular weight excluding hydrogens is 416 g/mol. The Balaban J connectivity index is 1.38. The Morgan fingerprint density at radius 3 is 2.48 bits per heavy atom. The highest BCUT2D eigenvalue weighted by molar-refractivity contribution is 5.87. The Labute approximate surface area is 194 Å². The summed E-state index contributed by atoms with van der Waals surface area (Å²) in [4.78, 5) is 12.3. The van der Waals surface area contributed by atoms with Crippen LogP contribution in [0.5, 0.6) is 11.5 Å². The molecule has 6 heteroatoms. The summed E-state index contributed by atoms with van der Waals surface area (Å²) in [5.41, 5.74) is 9.87. The first-order chi connectivity index (χ1) is 16.1. The maximum Gasteiger partial charge on any atom is 0.417 e. The molecule has 0 spiro atoms. The van der Waals surface area contributed by atoms with Crippen LogP contribution in [-0.4, -0.2) is 23.9 Å². The predicted octanol–water partition coefficient (Wildman–Crippen LogP) is 5.20. The van der Waals surface area contributed by atoms with Crippen LogP contribution in [0.2, 0.25) is 0 Å². The zero-order chi connectivity index (χ0) is 23.0. The van der Waals surface area contributed by atoms with Gasteiger partial charge in [-0.25, -0.2) is 4.79 Å². The highest BCUT2D eigenvalue weighted by Crippen LogP contribution is 2.33. The minimum atomic E-state index is -0.556. The summed E-state index contributed by atoms with van der Waals surface area (Å²) in [6, 6.07) is 22.2. The van der Waals surface area contributed by atoms with Gasteiger partial charge in [-0.15, -0.1) is 0 Å². The summed E-state index contributed by atoms with van der Waals surface area (Å²) in [5, 5.41) is 13.3. The van der Waals surface area contributed by atoms with Gasteiger partial charge in [-0.05, 0) is 85.5 Å². The summed E-state index contributed by atoms with van der Waals surface area (Å²) < 4.78 is 11.0. The molecule has 33 heavy (non-hydrogen) atoms. The molecule has 0 saturated heterocycles. The maximum absolute atomic E-state index is 12.3. The zero-order valence-electron chi connectivity index (χ0n) is 18.6. The van der Waals surface area contributed by atoms with Crippen LogP contribution in [0.1, 0.15) is 30.4 Å². The highest BCUT2D eigenvalue weighted by Gasteiger charge is 2.22. The number of carbonyl (C=O) groups excluding carboxylic acids is 1. The number of fused-ring (bicyclic) bond motifs is 1. The number of para-hydroxylation sites is 2. The number of rotatable bonds is 7. The number of ether oxygens (including phenoxy) is 2. The Kier molecular flexibility index (Phi) is 7.47. The first kappa shape index (κ1) is 22.7. The standard InChI is InChI=1S/C27H30N2O4/c28-26-17-21(29-27(31)33-24-11-5-2-6-12-24)16-20-14-19(8-7-13-25(20)26)15-22(30)18-32-23-9-3-1-4-10-23/h1-6,9-12,16-17,19,22,30H,7-8,13-15,18,28H2,(H,29,31)/t19?,22-/m0/s1. The molecule has 6 nitrogen and oxygen atoms in total. The monoisotopic (exact) mass is 446 g/mol. The van der Waals surface area contributed by atoms with Crippen molar-refractivity contribution in [3.8, 4) is 11.5 Å². The second-order valence-corrected chi connectivity index (χ2v) is 8.51. The molecule has 0 aromatic heterocycles. The topological polar surface area (TPSA) is 93.8 Å². The lowest BCUT2D eigenvalue weighted by Gasteiger charge is -2.20. The highest BCUT2D eigenvalue weighted by atomic mass is 16.6. The fourth-order valence-corrected chi connectivity index (χ4v) is 4.40. The van der Waals surface area contributed by atoms with E-state index in [9.17, 15) is 9.90 Å². The molecule has 0 heterocycles. The molecular formula is C27H30N2O4. The van der Waals surface area contributed by atoms with E-state index in [1.165, 1.54) is 0 Å². The van der Waals surface area contributed by atoms with Gasteiger partial charge in [-0.2, -0.15) is 0 Å². The molecule has 0 bridgehead atoms. The molecule has 3 aromatic rings. The maximum atomic E-state index is 12.3. The summed E-state index contributed by atoms with van der Waals surface area (Å²) >= 11 is 0. The van der Waals surface area contributed by atoms with Crippen LogP contribution >= 0.6 is 0 Å². The lowest BCUT2D eigenvalue weighted by Crippen LogP contribution is -2.22. The molecule has 1 aliphatic carbocycles. The number of aliphatic hydroxyl groups is 1. The second kappa shape index (κ2) is 10.9. The van der Waals surface area contributed by atoms with Crippen LogP contribution in [-0.2, 0) is 12.8 Å². The van der Waals surface area contributed by atoms with E-state index in [-0.39, 0.29) is 6.61 Å². The Hall–Kier alpha value is -3.51. The van der Waals surface area contributed by atoms with Gasteiger partial charge in [0.05, 0.1) is 6.10 Å². The minimum Gasteiger partial charge on any atom is -0.491 e. The van der Waals surface area contributed by atoms with Crippen LogP contribution < -0.4 is 20.5 Å². The van der Waals surface area contributed by atoms with Gasteiger partial charge in [0.2, 0.25) is 0 Å². The molecule has 0 aliphatic heterocycles. The van der Waals surface area contributed by atoms with Crippen molar-refractivity contribution >= 4 is 17.5 Å². The first-order valence-electron chi connectivity index (χ1n) is 11.4. The Bertz CT molecular complexity index is 1060. The molecule has 1 aliphatic rings. The molecule has 1 unspecified atom stereocenters. The van der Waals surface area contributed by atoms with Gasteiger partial charge in [0, 0.05) is 11.4 Å². The fraction of sp³-hybridized carbons (Fsp3) is 0.296. The fourth-order valence-electron chi connectivity index (χ4n) is 4.40. The third-order valence-electron chi connectivity index (χ3n) is 5.92. The number of aliphatic hydroxyl groups excluding tert-OH is 1.